The predicted octanol–water partition coefficient (Wildman–Crippen LogP) is 2.21. The summed E-state index contributed by atoms with van der Waals surface area (Å²) in [6, 6.07) is 0.206. The van der Waals surface area contributed by atoms with Crippen LogP contribution in [0.1, 0.15) is 43.3 Å². The zero-order chi connectivity index (χ0) is 18.8. The minimum atomic E-state index is -0.216. The average molecular weight is 366 g/mol. The molecule has 0 saturated carbocycles. The Labute approximate surface area is 155 Å². The summed E-state index contributed by atoms with van der Waals surface area (Å²) in [5, 5.41) is 4.52. The molecule has 1 aromatic rings. The second-order valence-electron chi connectivity index (χ2n) is 7.49. The van der Waals surface area contributed by atoms with Crippen molar-refractivity contribution in [1.29, 1.82) is 0 Å². The highest BCUT2D eigenvalue weighted by atomic mass is 32.1. The molecule has 1 aromatic heterocycles. The van der Waals surface area contributed by atoms with Crippen LogP contribution < -0.4 is 5.32 Å². The fraction of sp³-hybridized carbons (Fsp3) is 0.722. The monoisotopic (exact) mass is 365 g/mol. The third kappa shape index (κ3) is 4.51. The number of guanidine groups is 1. The third-order valence-electron chi connectivity index (χ3n) is 4.49. The van der Waals surface area contributed by atoms with Crippen LogP contribution in [0.4, 0.5) is 0 Å². The van der Waals surface area contributed by atoms with E-state index in [-0.39, 0.29) is 17.5 Å². The highest BCUT2D eigenvalue weighted by Gasteiger charge is 2.40. The molecule has 0 aromatic carbocycles. The first-order valence-electron chi connectivity index (χ1n) is 8.86. The van der Waals surface area contributed by atoms with Gasteiger partial charge in [-0.25, -0.2) is 4.98 Å². The number of amides is 1. The van der Waals surface area contributed by atoms with Gasteiger partial charge in [0.25, 0.3) is 0 Å². The minimum absolute atomic E-state index is 0.156. The highest BCUT2D eigenvalue weighted by molar-refractivity contribution is 7.11. The fourth-order valence-corrected chi connectivity index (χ4v) is 4.68. The van der Waals surface area contributed by atoms with Gasteiger partial charge in [-0.2, -0.15) is 0 Å². The average Bonchev–Trinajstić information content (AvgIpc) is 2.79. The van der Waals surface area contributed by atoms with Crippen LogP contribution in [-0.4, -0.2) is 64.9 Å². The van der Waals surface area contributed by atoms with Gasteiger partial charge in [-0.1, -0.05) is 0 Å². The summed E-state index contributed by atoms with van der Waals surface area (Å²) in [5.74, 6) is 0.951. The van der Waals surface area contributed by atoms with Gasteiger partial charge in [0, 0.05) is 37.5 Å². The summed E-state index contributed by atoms with van der Waals surface area (Å²) in [4.78, 5) is 26.8. The van der Waals surface area contributed by atoms with Crippen molar-refractivity contribution < 1.29 is 4.79 Å². The van der Waals surface area contributed by atoms with E-state index in [2.05, 4.69) is 54.8 Å². The molecule has 6 nitrogen and oxygen atoms in total. The standard InChI is InChI=1S/C18H31N5OS/c1-12(2)23-16(24)10-22(11-18(23,5)6)17(19-7)20-9-8-15-13(3)21-14(4)25-15/h12H,8-11H2,1-7H3,(H,19,20). The topological polar surface area (TPSA) is 60.8 Å². The van der Waals surface area contributed by atoms with Gasteiger partial charge >= 0.3 is 0 Å². The number of piperazine rings is 1. The molecule has 0 aliphatic carbocycles. The van der Waals surface area contributed by atoms with Crippen molar-refractivity contribution in [2.75, 3.05) is 26.7 Å². The third-order valence-corrected chi connectivity index (χ3v) is 5.62. The minimum Gasteiger partial charge on any atom is -0.356 e. The number of hydrogen-bond acceptors (Lipinski definition) is 4. The predicted molar refractivity (Wildman–Crippen MR) is 104 cm³/mol. The lowest BCUT2D eigenvalue weighted by atomic mass is 9.96. The van der Waals surface area contributed by atoms with E-state index in [0.29, 0.717) is 6.54 Å². The summed E-state index contributed by atoms with van der Waals surface area (Å²) in [6.45, 7) is 14.4. The smallest absolute Gasteiger partial charge is 0.242 e. The Morgan fingerprint density at radius 3 is 2.56 bits per heavy atom. The van der Waals surface area contributed by atoms with Crippen LogP contribution in [0.2, 0.25) is 0 Å². The van der Waals surface area contributed by atoms with Crippen molar-refractivity contribution in [1.82, 2.24) is 20.1 Å². The molecule has 0 unspecified atom stereocenters. The Hall–Kier alpha value is -1.63. The van der Waals surface area contributed by atoms with Crippen LogP contribution in [0.3, 0.4) is 0 Å². The second-order valence-corrected chi connectivity index (χ2v) is 8.78. The molecule has 1 aliphatic heterocycles. The largest absolute Gasteiger partial charge is 0.356 e. The molecule has 1 N–H and O–H groups in total. The van der Waals surface area contributed by atoms with Crippen molar-refractivity contribution in [2.45, 2.75) is 59.5 Å². The molecule has 0 radical (unpaired) electrons. The van der Waals surface area contributed by atoms with Crippen molar-refractivity contribution >= 4 is 23.2 Å². The molecule has 0 spiro atoms. The molecule has 25 heavy (non-hydrogen) atoms. The van der Waals surface area contributed by atoms with Crippen LogP contribution in [0.5, 0.6) is 0 Å². The van der Waals surface area contributed by atoms with Gasteiger partial charge in [0.05, 0.1) is 22.8 Å². The number of thiazole rings is 1. The number of aryl methyl sites for hydroxylation is 2. The number of hydrogen-bond donors (Lipinski definition) is 1. The number of aromatic nitrogens is 1. The Bertz CT molecular complexity index is 650. The van der Waals surface area contributed by atoms with Crippen LogP contribution >= 0.6 is 11.3 Å². The number of carbonyl (C=O) groups excluding carboxylic acids is 1. The Morgan fingerprint density at radius 1 is 1.40 bits per heavy atom. The summed E-state index contributed by atoms with van der Waals surface area (Å²) >= 11 is 1.75. The molecule has 1 saturated heterocycles. The molecule has 1 amide bonds. The van der Waals surface area contributed by atoms with Gasteiger partial charge < -0.3 is 15.1 Å². The highest BCUT2D eigenvalue weighted by Crippen LogP contribution is 2.24. The van der Waals surface area contributed by atoms with Gasteiger partial charge in [0.2, 0.25) is 5.91 Å². The Kier molecular flexibility index (Phi) is 6.08. The van der Waals surface area contributed by atoms with E-state index in [1.165, 1.54) is 4.88 Å². The first-order valence-corrected chi connectivity index (χ1v) is 9.68. The fourth-order valence-electron chi connectivity index (χ4n) is 3.74. The molecule has 2 rings (SSSR count). The first kappa shape index (κ1) is 19.7. The van der Waals surface area contributed by atoms with Crippen LogP contribution in [0.15, 0.2) is 4.99 Å². The van der Waals surface area contributed by atoms with Gasteiger partial charge in [0.1, 0.15) is 0 Å². The molecule has 2 heterocycles. The summed E-state index contributed by atoms with van der Waals surface area (Å²) < 4.78 is 0. The normalized spacial score (nSPS) is 18.2. The van der Waals surface area contributed by atoms with E-state index in [1.807, 2.05) is 11.8 Å². The zero-order valence-corrected chi connectivity index (χ0v) is 17.3. The number of rotatable bonds is 4. The van der Waals surface area contributed by atoms with Crippen molar-refractivity contribution in [3.63, 3.8) is 0 Å². The van der Waals surface area contributed by atoms with Crippen molar-refractivity contribution in [3.8, 4) is 0 Å². The Morgan fingerprint density at radius 2 is 2.08 bits per heavy atom. The summed E-state index contributed by atoms with van der Waals surface area (Å²) in [5.41, 5.74) is 0.896. The van der Waals surface area contributed by atoms with Gasteiger partial charge in [0.15, 0.2) is 5.96 Å². The van der Waals surface area contributed by atoms with Crippen LogP contribution in [0.25, 0.3) is 0 Å². The number of aliphatic imine (C=N–C) groups is 1. The van der Waals surface area contributed by atoms with Crippen LogP contribution in [-0.2, 0) is 11.2 Å². The van der Waals surface area contributed by atoms with Crippen molar-refractivity contribution in [3.05, 3.63) is 15.6 Å². The molecule has 0 bridgehead atoms. The van der Waals surface area contributed by atoms with E-state index < -0.39 is 0 Å². The molecule has 1 aliphatic rings. The number of carbonyl (C=O) groups is 1. The van der Waals surface area contributed by atoms with E-state index in [1.54, 1.807) is 18.4 Å². The van der Waals surface area contributed by atoms with E-state index >= 15 is 0 Å². The maximum Gasteiger partial charge on any atom is 0.242 e. The lowest BCUT2D eigenvalue weighted by Gasteiger charge is -2.49. The second kappa shape index (κ2) is 7.72. The van der Waals surface area contributed by atoms with Gasteiger partial charge in [-0.05, 0) is 41.5 Å². The van der Waals surface area contributed by atoms with Gasteiger partial charge in [-0.3, -0.25) is 9.79 Å². The molecule has 1 fully saturated rings. The number of nitrogens with zero attached hydrogens (tertiary/aromatic N) is 4. The zero-order valence-electron chi connectivity index (χ0n) is 16.5. The summed E-state index contributed by atoms with van der Waals surface area (Å²) in [6.07, 6.45) is 0.916. The molecule has 140 valence electrons. The van der Waals surface area contributed by atoms with E-state index in [0.717, 1.165) is 36.2 Å². The molecular weight excluding hydrogens is 334 g/mol. The van der Waals surface area contributed by atoms with E-state index in [4.69, 9.17) is 0 Å². The molecular formula is C18H31N5OS. The quantitative estimate of drug-likeness (QED) is 0.656. The molecule has 0 atom stereocenters. The molecule has 7 heteroatoms. The maximum absolute atomic E-state index is 12.6. The lowest BCUT2D eigenvalue weighted by molar-refractivity contribution is -0.145. The number of nitrogens with one attached hydrogen (secondary N) is 1. The SMILES string of the molecule is CN=C(NCCc1sc(C)nc1C)N1CC(=O)N(C(C)C)C(C)(C)C1. The van der Waals surface area contributed by atoms with Crippen LogP contribution in [0, 0.1) is 13.8 Å². The van der Waals surface area contributed by atoms with Crippen molar-refractivity contribution in [2.24, 2.45) is 4.99 Å². The lowest BCUT2D eigenvalue weighted by Crippen LogP contribution is -2.66. The maximum atomic E-state index is 12.6. The summed E-state index contributed by atoms with van der Waals surface area (Å²) in [7, 11) is 1.77. The van der Waals surface area contributed by atoms with Gasteiger partial charge in [-0.15, -0.1) is 11.3 Å². The van der Waals surface area contributed by atoms with E-state index in [9.17, 15) is 4.79 Å². The Balaban J connectivity index is 1.99. The first-order chi connectivity index (χ1) is 11.7.